The maximum Gasteiger partial charge on any atom is 0.0685 e. The van der Waals surface area contributed by atoms with Crippen molar-refractivity contribution in [3.8, 4) is 0 Å². The second kappa shape index (κ2) is 4.52. The molecule has 2 fully saturated rings. The van der Waals surface area contributed by atoms with Gasteiger partial charge in [-0.1, -0.05) is 37.6 Å². The van der Waals surface area contributed by atoms with Gasteiger partial charge in [0.05, 0.1) is 6.10 Å². The van der Waals surface area contributed by atoms with Gasteiger partial charge in [0.1, 0.15) is 0 Å². The van der Waals surface area contributed by atoms with E-state index < -0.39 is 0 Å². The van der Waals surface area contributed by atoms with Crippen molar-refractivity contribution in [1.82, 2.24) is 5.32 Å². The number of nitrogens with one attached hydrogen (secondary N) is 1. The van der Waals surface area contributed by atoms with Gasteiger partial charge in [-0.3, -0.25) is 0 Å². The van der Waals surface area contributed by atoms with Crippen molar-refractivity contribution in [3.05, 3.63) is 34.9 Å². The van der Waals surface area contributed by atoms with Crippen molar-refractivity contribution in [2.24, 2.45) is 11.3 Å². The van der Waals surface area contributed by atoms with Gasteiger partial charge in [-0.2, -0.15) is 0 Å². The smallest absolute Gasteiger partial charge is 0.0685 e. The first-order valence-corrected chi connectivity index (χ1v) is 7.06. The molecule has 3 heteroatoms. The molecule has 0 radical (unpaired) electrons. The van der Waals surface area contributed by atoms with Crippen LogP contribution >= 0.6 is 11.6 Å². The minimum atomic E-state index is 0.250. The molecule has 1 heterocycles. The van der Waals surface area contributed by atoms with E-state index in [1.54, 1.807) is 0 Å². The monoisotopic (exact) mass is 265 g/mol. The van der Waals surface area contributed by atoms with E-state index in [4.69, 9.17) is 16.3 Å². The molecule has 0 aromatic heterocycles. The first-order valence-electron chi connectivity index (χ1n) is 6.68. The molecule has 3 unspecified atom stereocenters. The van der Waals surface area contributed by atoms with Gasteiger partial charge in [-0.25, -0.2) is 0 Å². The van der Waals surface area contributed by atoms with Crippen molar-refractivity contribution in [1.29, 1.82) is 0 Å². The summed E-state index contributed by atoms with van der Waals surface area (Å²) in [5.74, 6) is 0.694. The van der Waals surface area contributed by atoms with E-state index in [1.807, 2.05) is 18.2 Å². The highest BCUT2D eigenvalue weighted by atomic mass is 35.5. The second-order valence-corrected chi connectivity index (χ2v) is 6.49. The van der Waals surface area contributed by atoms with Crippen LogP contribution in [0.5, 0.6) is 0 Å². The summed E-state index contributed by atoms with van der Waals surface area (Å²) in [6, 6.07) is 8.63. The molecule has 2 aliphatic rings. The molecule has 1 aromatic rings. The molecule has 18 heavy (non-hydrogen) atoms. The second-order valence-electron chi connectivity index (χ2n) is 6.05. The van der Waals surface area contributed by atoms with Gasteiger partial charge in [0.25, 0.3) is 0 Å². The molecule has 1 aromatic carbocycles. The zero-order chi connectivity index (χ0) is 12.8. The van der Waals surface area contributed by atoms with Gasteiger partial charge in [-0.05, 0) is 24.1 Å². The van der Waals surface area contributed by atoms with Crippen LogP contribution in [0, 0.1) is 11.3 Å². The van der Waals surface area contributed by atoms with Crippen molar-refractivity contribution < 1.29 is 4.74 Å². The van der Waals surface area contributed by atoms with E-state index >= 15 is 0 Å². The summed E-state index contributed by atoms with van der Waals surface area (Å²) >= 11 is 6.01. The summed E-state index contributed by atoms with van der Waals surface area (Å²) < 4.78 is 5.81. The maximum atomic E-state index is 6.01. The molecule has 1 N–H and O–H groups in total. The molecule has 1 aliphatic carbocycles. The number of halogens is 1. The van der Waals surface area contributed by atoms with Gasteiger partial charge < -0.3 is 10.1 Å². The molecule has 1 aliphatic heterocycles. The molecule has 1 saturated heterocycles. The third-order valence-electron chi connectivity index (χ3n) is 4.52. The van der Waals surface area contributed by atoms with Crippen LogP contribution in [0.15, 0.2) is 24.3 Å². The molecule has 2 nitrogen and oxygen atoms in total. The summed E-state index contributed by atoms with van der Waals surface area (Å²) in [5, 5.41) is 4.50. The van der Waals surface area contributed by atoms with E-state index in [1.165, 1.54) is 12.0 Å². The number of rotatable bonds is 3. The molecule has 3 atom stereocenters. The highest BCUT2D eigenvalue weighted by Gasteiger charge is 2.58. The predicted octanol–water partition coefficient (Wildman–Crippen LogP) is 3.24. The fraction of sp³-hybridized carbons (Fsp3) is 0.600. The van der Waals surface area contributed by atoms with Crippen LogP contribution in [0.25, 0.3) is 0 Å². The van der Waals surface area contributed by atoms with Crippen LogP contribution in [0.2, 0.25) is 5.02 Å². The van der Waals surface area contributed by atoms with Crippen molar-refractivity contribution in [3.63, 3.8) is 0 Å². The third kappa shape index (κ3) is 1.97. The van der Waals surface area contributed by atoms with Gasteiger partial charge in [0.2, 0.25) is 0 Å². The van der Waals surface area contributed by atoms with Gasteiger partial charge in [-0.15, -0.1) is 0 Å². The quantitative estimate of drug-likeness (QED) is 0.906. The molecular formula is C15H20ClNO. The van der Waals surface area contributed by atoms with Crippen LogP contribution in [-0.4, -0.2) is 18.8 Å². The topological polar surface area (TPSA) is 21.3 Å². The number of benzene rings is 1. The van der Waals surface area contributed by atoms with Crippen molar-refractivity contribution in [2.75, 3.05) is 6.61 Å². The van der Waals surface area contributed by atoms with Crippen LogP contribution in [-0.2, 0) is 11.3 Å². The fourth-order valence-electron chi connectivity index (χ4n) is 3.61. The Morgan fingerprint density at radius 3 is 3.06 bits per heavy atom. The zero-order valence-corrected chi connectivity index (χ0v) is 11.7. The number of ether oxygens (including phenoxy) is 1. The summed E-state index contributed by atoms with van der Waals surface area (Å²) in [6.07, 6.45) is 1.65. The Morgan fingerprint density at radius 2 is 2.28 bits per heavy atom. The Hall–Kier alpha value is -0.570. The maximum absolute atomic E-state index is 6.01. The number of hydrogen-bond acceptors (Lipinski definition) is 2. The minimum absolute atomic E-state index is 0.250. The predicted molar refractivity (Wildman–Crippen MR) is 73.7 cm³/mol. The largest absolute Gasteiger partial charge is 0.377 e. The van der Waals surface area contributed by atoms with Crippen LogP contribution in [0.1, 0.15) is 25.8 Å². The Kier molecular flexibility index (Phi) is 3.13. The molecule has 0 spiro atoms. The zero-order valence-electron chi connectivity index (χ0n) is 10.9. The summed E-state index contributed by atoms with van der Waals surface area (Å²) in [7, 11) is 0. The van der Waals surface area contributed by atoms with E-state index in [0.29, 0.717) is 18.1 Å². The van der Waals surface area contributed by atoms with Crippen molar-refractivity contribution in [2.45, 2.75) is 39.0 Å². The molecule has 0 bridgehead atoms. The van der Waals surface area contributed by atoms with Gasteiger partial charge in [0, 0.05) is 35.5 Å². The summed E-state index contributed by atoms with van der Waals surface area (Å²) in [5.41, 5.74) is 1.50. The summed E-state index contributed by atoms with van der Waals surface area (Å²) in [6.45, 7) is 6.41. The average Bonchev–Trinajstić information content (AvgIpc) is 2.75. The lowest BCUT2D eigenvalue weighted by Gasteiger charge is -2.55. The Labute approximate surface area is 114 Å². The van der Waals surface area contributed by atoms with Crippen molar-refractivity contribution >= 4 is 11.6 Å². The average molecular weight is 266 g/mol. The van der Waals surface area contributed by atoms with Crippen LogP contribution < -0.4 is 5.32 Å². The SMILES string of the molecule is CC1(C)C(NCc2cccc(Cl)c2)C2CCOC21. The molecule has 98 valence electrons. The summed E-state index contributed by atoms with van der Waals surface area (Å²) in [4.78, 5) is 0. The van der Waals surface area contributed by atoms with Gasteiger partial charge >= 0.3 is 0 Å². The first kappa shape index (κ1) is 12.5. The molecule has 3 rings (SSSR count). The molecular weight excluding hydrogens is 246 g/mol. The lowest BCUT2D eigenvalue weighted by molar-refractivity contribution is -0.113. The first-order chi connectivity index (χ1) is 8.59. The van der Waals surface area contributed by atoms with E-state index in [2.05, 4.69) is 25.2 Å². The van der Waals surface area contributed by atoms with Crippen LogP contribution in [0.3, 0.4) is 0 Å². The van der Waals surface area contributed by atoms with Crippen LogP contribution in [0.4, 0.5) is 0 Å². The fourth-order valence-corrected chi connectivity index (χ4v) is 3.83. The lowest BCUT2D eigenvalue weighted by atomic mass is 9.57. The Morgan fingerprint density at radius 1 is 1.44 bits per heavy atom. The molecule has 1 saturated carbocycles. The standard InChI is InChI=1S/C15H20ClNO/c1-15(2)13(12-6-7-18-14(12)15)17-9-10-4-3-5-11(16)8-10/h3-5,8,12-14,17H,6-7,9H2,1-2H3. The lowest BCUT2D eigenvalue weighted by Crippen LogP contribution is -2.65. The number of hydrogen-bond donors (Lipinski definition) is 1. The minimum Gasteiger partial charge on any atom is -0.377 e. The van der Waals surface area contributed by atoms with E-state index in [9.17, 15) is 0 Å². The Bertz CT molecular complexity index is 446. The Balaban J connectivity index is 1.64. The highest BCUT2D eigenvalue weighted by molar-refractivity contribution is 6.30. The highest BCUT2D eigenvalue weighted by Crippen LogP contribution is 2.52. The van der Waals surface area contributed by atoms with E-state index in [-0.39, 0.29) is 5.41 Å². The van der Waals surface area contributed by atoms with Gasteiger partial charge in [0.15, 0.2) is 0 Å². The normalized spacial score (nSPS) is 32.9. The van der Waals surface area contributed by atoms with E-state index in [0.717, 1.165) is 18.2 Å². The third-order valence-corrected chi connectivity index (χ3v) is 4.75. The number of fused-ring (bicyclic) bond motifs is 1. The molecule has 0 amide bonds.